The van der Waals surface area contributed by atoms with Crippen molar-refractivity contribution >= 4 is 64.0 Å². The monoisotopic (exact) mass is 606 g/mol. The van der Waals surface area contributed by atoms with Gasteiger partial charge >= 0.3 is 39.8 Å². The minimum absolute atomic E-state index is 0. The maximum atomic E-state index is 12.1. The number of hydrogen-bond acceptors (Lipinski definition) is 8. The van der Waals surface area contributed by atoms with E-state index >= 15 is 0 Å². The Bertz CT molecular complexity index is 1500. The van der Waals surface area contributed by atoms with E-state index in [2.05, 4.69) is 9.44 Å². The third kappa shape index (κ3) is 9.02. The summed E-state index contributed by atoms with van der Waals surface area (Å²) in [6, 6.07) is 6.52. The predicted molar refractivity (Wildman–Crippen MR) is 135 cm³/mol. The summed E-state index contributed by atoms with van der Waals surface area (Å²) < 4.78 is 120. The van der Waals surface area contributed by atoms with E-state index < -0.39 is 55.5 Å². The number of sulfonamides is 1. The van der Waals surface area contributed by atoms with Crippen LogP contribution in [-0.4, -0.2) is 66.4 Å². The molecule has 0 unspecified atom stereocenters. The molecule has 0 fully saturated rings. The molecule has 0 aliphatic carbocycles. The predicted octanol–water partition coefficient (Wildman–Crippen LogP) is -1.28. The van der Waals surface area contributed by atoms with Crippen LogP contribution in [0, 0.1) is 0 Å². The zero-order valence-electron chi connectivity index (χ0n) is 20.4. The molecule has 2 aromatic carbocycles. The first-order valence-electron chi connectivity index (χ1n) is 9.87. The number of rotatable bonds is 10. The number of nitrogens with zero attached hydrogens (tertiary/aromatic N) is 1. The zero-order valence-corrected chi connectivity index (χ0v) is 25.7. The maximum Gasteiger partial charge on any atom is 1.00 e. The second-order valence-corrected chi connectivity index (χ2v) is 14.8. The molecular formula is C19H25N3NaO10S4+. The van der Waals surface area contributed by atoms with Crippen LogP contribution < -0.4 is 39.0 Å². The van der Waals surface area contributed by atoms with Gasteiger partial charge in [0, 0.05) is 19.8 Å². The second kappa shape index (κ2) is 12.1. The van der Waals surface area contributed by atoms with Gasteiger partial charge in [0.25, 0.3) is 20.2 Å². The first kappa shape index (κ1) is 33.5. The first-order valence-corrected chi connectivity index (χ1v) is 15.7. The molecule has 0 bridgehead atoms. The van der Waals surface area contributed by atoms with E-state index in [1.54, 1.807) is 0 Å². The van der Waals surface area contributed by atoms with E-state index in [1.165, 1.54) is 46.1 Å². The number of nitrogens with one attached hydrogen (secondary N) is 2. The van der Waals surface area contributed by atoms with Gasteiger partial charge in [-0.2, -0.15) is 29.6 Å². The minimum atomic E-state index is -4.85. The molecule has 0 saturated carbocycles. The van der Waals surface area contributed by atoms with Gasteiger partial charge in [-0.1, -0.05) is 24.3 Å². The molecule has 200 valence electrons. The number of anilines is 2. The summed E-state index contributed by atoms with van der Waals surface area (Å²) >= 11 is 0. The topological polar surface area (TPSA) is 204 Å². The molecular weight excluding hydrogens is 581 g/mol. The van der Waals surface area contributed by atoms with Crippen LogP contribution in [0.15, 0.2) is 46.2 Å². The van der Waals surface area contributed by atoms with Gasteiger partial charge in [-0.3, -0.25) is 18.5 Å². The van der Waals surface area contributed by atoms with Crippen LogP contribution in [0.4, 0.5) is 11.4 Å². The summed E-state index contributed by atoms with van der Waals surface area (Å²) in [7, 11) is -15.0. The fraction of sp³-hybridized carbons (Fsp3) is 0.263. The van der Waals surface area contributed by atoms with Crippen molar-refractivity contribution < 1.29 is 72.3 Å². The molecule has 0 radical (unpaired) electrons. The molecule has 37 heavy (non-hydrogen) atoms. The Kier molecular flexibility index (Phi) is 11.0. The van der Waals surface area contributed by atoms with Crippen molar-refractivity contribution in [1.82, 2.24) is 4.31 Å². The van der Waals surface area contributed by atoms with Crippen molar-refractivity contribution in [3.63, 3.8) is 0 Å². The summed E-state index contributed by atoms with van der Waals surface area (Å²) in [5.41, 5.74) is -0.585. The molecule has 0 heterocycles. The van der Waals surface area contributed by atoms with Gasteiger partial charge in [0.1, 0.15) is 9.79 Å². The van der Waals surface area contributed by atoms with Crippen molar-refractivity contribution in [2.24, 2.45) is 0 Å². The van der Waals surface area contributed by atoms with Gasteiger partial charge in [-0.25, -0.2) is 8.42 Å². The van der Waals surface area contributed by atoms with Crippen molar-refractivity contribution in [2.45, 2.75) is 28.9 Å². The molecule has 13 nitrogen and oxygen atoms in total. The summed E-state index contributed by atoms with van der Waals surface area (Å²) in [6.07, 6.45) is 2.22. The average Bonchev–Trinajstić information content (AvgIpc) is 2.71. The van der Waals surface area contributed by atoms with E-state index in [-0.39, 0.29) is 52.1 Å². The van der Waals surface area contributed by atoms with Crippen LogP contribution in [0.3, 0.4) is 0 Å². The Balaban J connectivity index is 0.00000684. The van der Waals surface area contributed by atoms with E-state index in [0.717, 1.165) is 34.7 Å². The van der Waals surface area contributed by atoms with Crippen molar-refractivity contribution in [3.05, 3.63) is 47.5 Å². The summed E-state index contributed by atoms with van der Waals surface area (Å²) in [5.74, 6) is 0. The molecule has 18 heteroatoms. The molecule has 2 rings (SSSR count). The van der Waals surface area contributed by atoms with E-state index in [4.69, 9.17) is 0 Å². The smallest absolute Gasteiger partial charge is 0.283 e. The molecule has 0 amide bonds. The van der Waals surface area contributed by atoms with Crippen molar-refractivity contribution in [2.75, 3.05) is 23.5 Å². The Hall–Kier alpha value is -1.54. The van der Waals surface area contributed by atoms with Gasteiger partial charge in [-0.15, -0.1) is 0 Å². The minimum Gasteiger partial charge on any atom is -0.283 e. The maximum absolute atomic E-state index is 12.1. The zero-order chi connectivity index (χ0) is 27.7. The Morgan fingerprint density at radius 1 is 0.730 bits per heavy atom. The van der Waals surface area contributed by atoms with Crippen LogP contribution in [-0.2, 0) is 40.5 Å². The third-order valence-corrected chi connectivity index (χ3v) is 9.67. The fourth-order valence-corrected chi connectivity index (χ4v) is 5.34. The van der Waals surface area contributed by atoms with E-state index in [1.807, 2.05) is 0 Å². The normalized spacial score (nSPS) is 13.1. The van der Waals surface area contributed by atoms with Crippen LogP contribution in [0.5, 0.6) is 0 Å². The molecule has 0 aromatic heterocycles. The van der Waals surface area contributed by atoms with Crippen LogP contribution in [0.25, 0.3) is 12.2 Å². The van der Waals surface area contributed by atoms with Crippen LogP contribution in [0.2, 0.25) is 0 Å². The van der Waals surface area contributed by atoms with Crippen molar-refractivity contribution in [1.29, 1.82) is 0 Å². The van der Waals surface area contributed by atoms with Gasteiger partial charge in [0.05, 0.1) is 10.9 Å². The summed E-state index contributed by atoms with van der Waals surface area (Å²) in [4.78, 5) is -1.36. The van der Waals surface area contributed by atoms with Crippen molar-refractivity contribution in [3.8, 4) is 0 Å². The summed E-state index contributed by atoms with van der Waals surface area (Å²) in [6.45, 7) is 2.82. The molecule has 0 aliphatic rings. The second-order valence-electron chi connectivity index (χ2n) is 7.87. The molecule has 4 N–H and O–H groups in total. The Labute approximate surface area is 239 Å². The third-order valence-electron chi connectivity index (χ3n) is 4.63. The van der Waals surface area contributed by atoms with Gasteiger partial charge < -0.3 is 0 Å². The Morgan fingerprint density at radius 3 is 1.43 bits per heavy atom. The van der Waals surface area contributed by atoms with Crippen LogP contribution >= 0.6 is 0 Å². The molecule has 0 saturated heterocycles. The quantitative estimate of drug-likeness (QED) is 0.143. The van der Waals surface area contributed by atoms with E-state index in [9.17, 15) is 42.8 Å². The molecule has 0 aliphatic heterocycles. The average molecular weight is 607 g/mol. The van der Waals surface area contributed by atoms with Gasteiger partial charge in [-0.05, 0) is 49.2 Å². The fourth-order valence-electron chi connectivity index (χ4n) is 2.62. The number of benzene rings is 2. The summed E-state index contributed by atoms with van der Waals surface area (Å²) in [5, 5.41) is -0.824. The molecule has 0 spiro atoms. The van der Waals surface area contributed by atoms with Crippen LogP contribution in [0.1, 0.15) is 25.0 Å². The first-order chi connectivity index (χ1) is 16.2. The standard InChI is InChI=1S/C19H25N3O10S4.Na/c1-13(2)33(23,24)20-16-9-7-14(18(11-16)34(25,26)27)5-6-15-8-10-17(12-19(15)35(28,29)30)21-36(31,32)22(3)4;/h5-13,20-21H,1-4H3,(H,25,26,27)(H,28,29,30);/q;+1/b6-5+;. The van der Waals surface area contributed by atoms with Gasteiger partial charge in [0.2, 0.25) is 10.0 Å². The molecule has 2 aromatic rings. The van der Waals surface area contributed by atoms with Gasteiger partial charge in [0.15, 0.2) is 0 Å². The number of hydrogen-bond donors (Lipinski definition) is 4. The molecule has 0 atom stereocenters. The largest absolute Gasteiger partial charge is 1.00 e. The Morgan fingerprint density at radius 2 is 1.11 bits per heavy atom. The SMILES string of the molecule is CC(C)S(=O)(=O)Nc1ccc(/C=C/c2ccc(NS(=O)(=O)N(C)C)cc2S(=O)(=O)O)c(S(=O)(=O)O)c1.[Na+]. The van der Waals surface area contributed by atoms with E-state index in [0.29, 0.717) is 0 Å².